The van der Waals surface area contributed by atoms with Gasteiger partial charge in [0.1, 0.15) is 29.6 Å². The van der Waals surface area contributed by atoms with E-state index in [2.05, 4.69) is 37.9 Å². The molecule has 0 saturated carbocycles. The van der Waals surface area contributed by atoms with Gasteiger partial charge in [-0.15, -0.1) is 0 Å². The Hall–Kier alpha value is -3.32. The Kier molecular flexibility index (Phi) is 9.97. The van der Waals surface area contributed by atoms with Gasteiger partial charge in [-0.2, -0.15) is 0 Å². The van der Waals surface area contributed by atoms with Crippen LogP contribution in [0.1, 0.15) is 71.0 Å². The summed E-state index contributed by atoms with van der Waals surface area (Å²) in [6, 6.07) is 13.9. The second-order valence-corrected chi connectivity index (χ2v) is 10.5. The molecule has 0 N–H and O–H groups in total. The predicted molar refractivity (Wildman–Crippen MR) is 148 cm³/mol. The number of carbonyl (C=O) groups is 1. The predicted octanol–water partition coefficient (Wildman–Crippen LogP) is 6.82. The fraction of sp³-hybridized carbons (Fsp3) is 0.484. The number of carbonyl (C=O) groups excluding carboxylic acids is 1. The SMILES string of the molecule is CCOC(=O)C(Cc1ccc(OCc2nc(-c3ccc(C(C)(C)C)cc3)oc2C)cc1OC(C)C)OCC. The number of ether oxygens (including phenoxy) is 4. The van der Waals surface area contributed by atoms with Gasteiger partial charge >= 0.3 is 5.97 Å². The molecular formula is C31H41NO6. The summed E-state index contributed by atoms with van der Waals surface area (Å²) >= 11 is 0. The Morgan fingerprint density at radius 1 is 1.03 bits per heavy atom. The quantitative estimate of drug-likeness (QED) is 0.241. The molecule has 206 valence electrons. The third-order valence-electron chi connectivity index (χ3n) is 5.99. The van der Waals surface area contributed by atoms with E-state index in [1.54, 1.807) is 6.92 Å². The van der Waals surface area contributed by atoms with Gasteiger partial charge in [0, 0.05) is 24.7 Å². The van der Waals surface area contributed by atoms with Gasteiger partial charge in [-0.05, 0) is 69.4 Å². The molecule has 1 aromatic heterocycles. The molecule has 0 aliphatic heterocycles. The molecule has 0 spiro atoms. The van der Waals surface area contributed by atoms with Crippen molar-refractivity contribution in [3.05, 3.63) is 65.0 Å². The molecule has 0 radical (unpaired) electrons. The standard InChI is InChI=1S/C31H41NO6/c1-9-34-28(30(33)35-10-2)17-23-13-16-25(18-27(23)37-20(3)4)36-19-26-21(5)38-29(32-26)22-11-14-24(15-12-22)31(6,7)8/h11-16,18,20,28H,9-10,17,19H2,1-8H3. The molecule has 1 heterocycles. The maximum absolute atomic E-state index is 12.4. The lowest BCUT2D eigenvalue weighted by molar-refractivity contribution is -0.156. The molecule has 0 fully saturated rings. The summed E-state index contributed by atoms with van der Waals surface area (Å²) in [5.41, 5.74) is 3.84. The van der Waals surface area contributed by atoms with E-state index in [-0.39, 0.29) is 24.1 Å². The van der Waals surface area contributed by atoms with Crippen molar-refractivity contribution in [3.8, 4) is 23.0 Å². The smallest absolute Gasteiger partial charge is 0.335 e. The lowest BCUT2D eigenvalue weighted by atomic mass is 9.87. The van der Waals surface area contributed by atoms with E-state index in [1.165, 1.54) is 5.56 Å². The lowest BCUT2D eigenvalue weighted by Gasteiger charge is -2.20. The first kappa shape index (κ1) is 29.2. The molecule has 38 heavy (non-hydrogen) atoms. The minimum Gasteiger partial charge on any atom is -0.491 e. The van der Waals surface area contributed by atoms with Gasteiger partial charge in [-0.25, -0.2) is 9.78 Å². The van der Waals surface area contributed by atoms with E-state index in [4.69, 9.17) is 23.4 Å². The third kappa shape index (κ3) is 7.84. The number of aromatic nitrogens is 1. The number of hydrogen-bond acceptors (Lipinski definition) is 7. The number of rotatable bonds is 12. The van der Waals surface area contributed by atoms with Gasteiger partial charge in [0.15, 0.2) is 6.10 Å². The maximum Gasteiger partial charge on any atom is 0.335 e. The van der Waals surface area contributed by atoms with Crippen LogP contribution in [0, 0.1) is 6.92 Å². The number of nitrogens with zero attached hydrogens (tertiary/aromatic N) is 1. The second kappa shape index (κ2) is 13.0. The normalized spacial score (nSPS) is 12.4. The van der Waals surface area contributed by atoms with Crippen LogP contribution in [0.4, 0.5) is 0 Å². The Labute approximate surface area is 226 Å². The minimum atomic E-state index is -0.699. The van der Waals surface area contributed by atoms with Crippen molar-refractivity contribution in [1.29, 1.82) is 0 Å². The number of hydrogen-bond donors (Lipinski definition) is 0. The molecule has 2 aromatic carbocycles. The van der Waals surface area contributed by atoms with Crippen molar-refractivity contribution in [2.45, 2.75) is 86.0 Å². The van der Waals surface area contributed by atoms with Crippen molar-refractivity contribution in [1.82, 2.24) is 4.98 Å². The highest BCUT2D eigenvalue weighted by atomic mass is 16.6. The molecule has 0 bridgehead atoms. The summed E-state index contributed by atoms with van der Waals surface area (Å²) < 4.78 is 28.9. The van der Waals surface area contributed by atoms with Gasteiger partial charge < -0.3 is 23.4 Å². The van der Waals surface area contributed by atoms with Crippen LogP contribution in [0.25, 0.3) is 11.5 Å². The molecule has 0 amide bonds. The zero-order valence-electron chi connectivity index (χ0n) is 23.9. The number of aryl methyl sites for hydroxylation is 1. The maximum atomic E-state index is 12.4. The topological polar surface area (TPSA) is 80.0 Å². The van der Waals surface area contributed by atoms with Crippen LogP contribution in [0.15, 0.2) is 46.9 Å². The number of esters is 1. The van der Waals surface area contributed by atoms with Gasteiger partial charge in [-0.3, -0.25) is 0 Å². The van der Waals surface area contributed by atoms with Crippen molar-refractivity contribution in [2.24, 2.45) is 0 Å². The van der Waals surface area contributed by atoms with Crippen molar-refractivity contribution in [2.75, 3.05) is 13.2 Å². The summed E-state index contributed by atoms with van der Waals surface area (Å²) in [6.07, 6.45) is -0.411. The number of oxazole rings is 1. The summed E-state index contributed by atoms with van der Waals surface area (Å²) in [4.78, 5) is 17.0. The van der Waals surface area contributed by atoms with E-state index in [0.29, 0.717) is 42.8 Å². The second-order valence-electron chi connectivity index (χ2n) is 10.5. The van der Waals surface area contributed by atoms with Crippen LogP contribution >= 0.6 is 0 Å². The van der Waals surface area contributed by atoms with Crippen LogP contribution in [0.3, 0.4) is 0 Å². The summed E-state index contributed by atoms with van der Waals surface area (Å²) in [7, 11) is 0. The minimum absolute atomic E-state index is 0.0536. The molecule has 1 atom stereocenters. The lowest BCUT2D eigenvalue weighted by Crippen LogP contribution is -2.29. The first-order chi connectivity index (χ1) is 18.0. The van der Waals surface area contributed by atoms with Crippen molar-refractivity contribution < 1.29 is 28.2 Å². The highest BCUT2D eigenvalue weighted by molar-refractivity contribution is 5.75. The van der Waals surface area contributed by atoms with Crippen LogP contribution < -0.4 is 9.47 Å². The molecule has 7 heteroatoms. The van der Waals surface area contributed by atoms with Crippen LogP contribution in [0.5, 0.6) is 11.5 Å². The van der Waals surface area contributed by atoms with Crippen LogP contribution in [-0.2, 0) is 32.7 Å². The zero-order valence-corrected chi connectivity index (χ0v) is 23.9. The molecule has 7 nitrogen and oxygen atoms in total. The molecule has 3 rings (SSSR count). The highest BCUT2D eigenvalue weighted by Gasteiger charge is 2.23. The Morgan fingerprint density at radius 2 is 1.74 bits per heavy atom. The summed E-state index contributed by atoms with van der Waals surface area (Å²) in [6.45, 7) is 17.0. The van der Waals surface area contributed by atoms with E-state index < -0.39 is 6.10 Å². The average molecular weight is 524 g/mol. The first-order valence-corrected chi connectivity index (χ1v) is 13.3. The summed E-state index contributed by atoms with van der Waals surface area (Å²) in [5, 5.41) is 0. The fourth-order valence-corrected chi connectivity index (χ4v) is 3.95. The monoisotopic (exact) mass is 523 g/mol. The molecule has 1 unspecified atom stereocenters. The van der Waals surface area contributed by atoms with E-state index in [0.717, 1.165) is 16.8 Å². The number of benzene rings is 2. The fourth-order valence-electron chi connectivity index (χ4n) is 3.95. The molecule has 0 aliphatic carbocycles. The molecule has 0 aliphatic rings. The molecule has 3 aromatic rings. The zero-order chi connectivity index (χ0) is 27.9. The van der Waals surface area contributed by atoms with Gasteiger partial charge in [-0.1, -0.05) is 39.0 Å². The Morgan fingerprint density at radius 3 is 2.34 bits per heavy atom. The van der Waals surface area contributed by atoms with E-state index in [9.17, 15) is 4.79 Å². The van der Waals surface area contributed by atoms with Crippen LogP contribution in [-0.4, -0.2) is 36.4 Å². The van der Waals surface area contributed by atoms with Crippen molar-refractivity contribution in [3.63, 3.8) is 0 Å². The summed E-state index contributed by atoms with van der Waals surface area (Å²) in [5.74, 6) is 2.18. The molecular weight excluding hydrogens is 482 g/mol. The highest BCUT2D eigenvalue weighted by Crippen LogP contribution is 2.30. The molecule has 0 saturated heterocycles. The van der Waals surface area contributed by atoms with Crippen LogP contribution in [0.2, 0.25) is 0 Å². The van der Waals surface area contributed by atoms with Gasteiger partial charge in [0.2, 0.25) is 5.89 Å². The first-order valence-electron chi connectivity index (χ1n) is 13.3. The largest absolute Gasteiger partial charge is 0.491 e. The van der Waals surface area contributed by atoms with Crippen molar-refractivity contribution >= 4 is 5.97 Å². The Balaban J connectivity index is 1.75. The Bertz CT molecular complexity index is 1190. The van der Waals surface area contributed by atoms with Gasteiger partial charge in [0.25, 0.3) is 0 Å². The van der Waals surface area contributed by atoms with E-state index in [1.807, 2.05) is 58.0 Å². The van der Waals surface area contributed by atoms with E-state index >= 15 is 0 Å². The van der Waals surface area contributed by atoms with Gasteiger partial charge in [0.05, 0.1) is 12.7 Å². The third-order valence-corrected chi connectivity index (χ3v) is 5.99. The average Bonchev–Trinajstić information content (AvgIpc) is 3.23.